The first kappa shape index (κ1) is 14.8. The molecule has 0 bridgehead atoms. The fourth-order valence-corrected chi connectivity index (χ4v) is 4.95. The van der Waals surface area contributed by atoms with Gasteiger partial charge in [0.05, 0.1) is 0 Å². The summed E-state index contributed by atoms with van der Waals surface area (Å²) in [4.78, 5) is 0. The van der Waals surface area contributed by atoms with Crippen LogP contribution in [0.4, 0.5) is 0 Å². The molecule has 2 heterocycles. The average molecular weight is 278 g/mol. The van der Waals surface area contributed by atoms with Crippen LogP contribution in [0.1, 0.15) is 77.0 Å². The van der Waals surface area contributed by atoms with Gasteiger partial charge in [0, 0.05) is 12.1 Å². The molecule has 2 aliphatic heterocycles. The van der Waals surface area contributed by atoms with Gasteiger partial charge in [0.2, 0.25) is 0 Å². The molecule has 20 heavy (non-hydrogen) atoms. The van der Waals surface area contributed by atoms with Crippen molar-refractivity contribution >= 4 is 0 Å². The average Bonchev–Trinajstić information content (AvgIpc) is 2.56. The molecule has 0 spiro atoms. The summed E-state index contributed by atoms with van der Waals surface area (Å²) in [6.07, 6.45) is 17.6. The summed E-state index contributed by atoms with van der Waals surface area (Å²) >= 11 is 0. The Morgan fingerprint density at radius 3 is 1.30 bits per heavy atom. The zero-order valence-electron chi connectivity index (χ0n) is 13.2. The van der Waals surface area contributed by atoms with E-state index >= 15 is 0 Å². The van der Waals surface area contributed by atoms with Crippen molar-refractivity contribution in [2.75, 3.05) is 13.1 Å². The highest BCUT2D eigenvalue weighted by molar-refractivity contribution is 4.84. The Morgan fingerprint density at radius 2 is 0.850 bits per heavy atom. The normalized spacial score (nSPS) is 40.8. The molecule has 2 saturated carbocycles. The zero-order chi connectivity index (χ0) is 13.6. The van der Waals surface area contributed by atoms with Gasteiger partial charge in [-0.05, 0) is 76.3 Å². The highest BCUT2D eigenvalue weighted by Gasteiger charge is 2.27. The number of hydrogen-bond donors (Lipinski definition) is 2. The molecule has 4 rings (SSSR count). The summed E-state index contributed by atoms with van der Waals surface area (Å²) in [5.41, 5.74) is 0. The van der Waals surface area contributed by atoms with Crippen molar-refractivity contribution in [2.45, 2.75) is 89.1 Å². The largest absolute Gasteiger partial charge is 0.314 e. The molecule has 2 saturated heterocycles. The smallest absolute Gasteiger partial charge is 0.00953 e. The first-order valence-corrected chi connectivity index (χ1v) is 9.40. The number of rotatable bonds is 0. The monoisotopic (exact) mass is 278 g/mol. The molecule has 0 radical (unpaired) electrons. The van der Waals surface area contributed by atoms with Crippen molar-refractivity contribution in [3.05, 3.63) is 0 Å². The van der Waals surface area contributed by atoms with Gasteiger partial charge in [0.1, 0.15) is 0 Å². The summed E-state index contributed by atoms with van der Waals surface area (Å²) in [6.45, 7) is 2.56. The van der Waals surface area contributed by atoms with Gasteiger partial charge in [-0.1, -0.05) is 25.7 Å². The van der Waals surface area contributed by atoms with Crippen LogP contribution < -0.4 is 10.6 Å². The second-order valence-corrected chi connectivity index (χ2v) is 7.49. The van der Waals surface area contributed by atoms with E-state index in [0.29, 0.717) is 0 Å². The fraction of sp³-hybridized carbons (Fsp3) is 1.00. The zero-order valence-corrected chi connectivity index (χ0v) is 13.2. The third kappa shape index (κ3) is 3.98. The van der Waals surface area contributed by atoms with Crippen molar-refractivity contribution in [3.63, 3.8) is 0 Å². The number of piperidine rings is 2. The Kier molecular flexibility index (Phi) is 5.78. The van der Waals surface area contributed by atoms with E-state index in [-0.39, 0.29) is 0 Å². The topological polar surface area (TPSA) is 24.1 Å². The van der Waals surface area contributed by atoms with Crippen LogP contribution in [0.15, 0.2) is 0 Å². The van der Waals surface area contributed by atoms with E-state index in [4.69, 9.17) is 0 Å². The fourth-order valence-electron chi connectivity index (χ4n) is 4.95. The Bertz CT molecular complexity index is 199. The number of nitrogens with one attached hydrogen (secondary N) is 2. The molecule has 0 amide bonds. The van der Waals surface area contributed by atoms with Crippen molar-refractivity contribution in [1.82, 2.24) is 10.6 Å². The Hall–Kier alpha value is -0.0800. The SMILES string of the molecule is C1CCC2NCCCC2C1.C1CCC2NCCCC2C1. The predicted octanol–water partition coefficient (Wildman–Crippen LogP) is 3.86. The maximum atomic E-state index is 3.62. The van der Waals surface area contributed by atoms with Gasteiger partial charge in [0.15, 0.2) is 0 Å². The summed E-state index contributed by atoms with van der Waals surface area (Å²) in [6, 6.07) is 1.81. The maximum Gasteiger partial charge on any atom is 0.00953 e. The van der Waals surface area contributed by atoms with Crippen LogP contribution in [-0.4, -0.2) is 25.2 Å². The minimum atomic E-state index is 0.905. The van der Waals surface area contributed by atoms with Gasteiger partial charge in [-0.2, -0.15) is 0 Å². The Morgan fingerprint density at radius 1 is 0.450 bits per heavy atom. The minimum absolute atomic E-state index is 0.905. The summed E-state index contributed by atoms with van der Waals surface area (Å²) < 4.78 is 0. The van der Waals surface area contributed by atoms with Crippen LogP contribution in [-0.2, 0) is 0 Å². The lowest BCUT2D eigenvalue weighted by Crippen LogP contribution is -2.42. The van der Waals surface area contributed by atoms with Crippen molar-refractivity contribution < 1.29 is 0 Å². The van der Waals surface area contributed by atoms with E-state index < -0.39 is 0 Å². The maximum absolute atomic E-state index is 3.62. The summed E-state index contributed by atoms with van der Waals surface area (Å²) in [7, 11) is 0. The molecule has 4 unspecified atom stereocenters. The Balaban J connectivity index is 0.000000121. The first-order valence-electron chi connectivity index (χ1n) is 9.40. The van der Waals surface area contributed by atoms with Crippen LogP contribution in [0.25, 0.3) is 0 Å². The van der Waals surface area contributed by atoms with Crippen molar-refractivity contribution in [3.8, 4) is 0 Å². The molecule has 0 aromatic carbocycles. The summed E-state index contributed by atoms with van der Waals surface area (Å²) in [5, 5.41) is 7.24. The summed E-state index contributed by atoms with van der Waals surface area (Å²) in [5.74, 6) is 2.09. The highest BCUT2D eigenvalue weighted by Crippen LogP contribution is 2.30. The van der Waals surface area contributed by atoms with Crippen LogP contribution in [0.2, 0.25) is 0 Å². The number of fused-ring (bicyclic) bond motifs is 2. The van der Waals surface area contributed by atoms with Crippen LogP contribution in [0.3, 0.4) is 0 Å². The molecule has 0 aromatic heterocycles. The van der Waals surface area contributed by atoms with E-state index in [1.807, 2.05) is 0 Å². The lowest BCUT2D eigenvalue weighted by Gasteiger charge is -2.36. The third-order valence-corrected chi connectivity index (χ3v) is 6.13. The Labute approximate surface area is 125 Å². The second-order valence-electron chi connectivity index (χ2n) is 7.49. The van der Waals surface area contributed by atoms with Crippen molar-refractivity contribution in [2.24, 2.45) is 11.8 Å². The molecule has 2 nitrogen and oxygen atoms in total. The van der Waals surface area contributed by atoms with E-state index in [9.17, 15) is 0 Å². The minimum Gasteiger partial charge on any atom is -0.314 e. The molecule has 116 valence electrons. The lowest BCUT2D eigenvalue weighted by atomic mass is 9.80. The molecule has 2 aliphatic carbocycles. The van der Waals surface area contributed by atoms with Crippen molar-refractivity contribution in [1.29, 1.82) is 0 Å². The molecule has 4 aliphatic rings. The van der Waals surface area contributed by atoms with Gasteiger partial charge in [-0.25, -0.2) is 0 Å². The van der Waals surface area contributed by atoms with Crippen LogP contribution in [0.5, 0.6) is 0 Å². The van der Waals surface area contributed by atoms with Crippen LogP contribution >= 0.6 is 0 Å². The van der Waals surface area contributed by atoms with E-state index in [0.717, 1.165) is 23.9 Å². The lowest BCUT2D eigenvalue weighted by molar-refractivity contribution is 0.212. The molecule has 4 atom stereocenters. The molecular weight excluding hydrogens is 244 g/mol. The molecule has 0 aromatic rings. The van der Waals surface area contributed by atoms with E-state index in [1.165, 1.54) is 90.1 Å². The number of hydrogen-bond acceptors (Lipinski definition) is 2. The van der Waals surface area contributed by atoms with Gasteiger partial charge < -0.3 is 10.6 Å². The second kappa shape index (κ2) is 7.79. The van der Waals surface area contributed by atoms with Gasteiger partial charge in [0.25, 0.3) is 0 Å². The van der Waals surface area contributed by atoms with Gasteiger partial charge >= 0.3 is 0 Å². The standard InChI is InChI=1S/2C9H17N/c2*1-2-6-9-8(4-1)5-3-7-10-9/h2*8-10H,1-7H2. The van der Waals surface area contributed by atoms with Crippen LogP contribution in [0, 0.1) is 11.8 Å². The van der Waals surface area contributed by atoms with E-state index in [1.54, 1.807) is 0 Å². The third-order valence-electron chi connectivity index (χ3n) is 6.13. The molecule has 4 fully saturated rings. The highest BCUT2D eigenvalue weighted by atomic mass is 14.9. The predicted molar refractivity (Wildman–Crippen MR) is 86.0 cm³/mol. The first-order chi connectivity index (χ1) is 9.93. The van der Waals surface area contributed by atoms with Gasteiger partial charge in [-0.15, -0.1) is 0 Å². The quantitative estimate of drug-likeness (QED) is 0.703. The van der Waals surface area contributed by atoms with E-state index in [2.05, 4.69) is 10.6 Å². The molecule has 2 heteroatoms. The molecule has 2 N–H and O–H groups in total. The van der Waals surface area contributed by atoms with Gasteiger partial charge in [-0.3, -0.25) is 0 Å². The molecular formula is C18H34N2.